The molecule has 0 atom stereocenters. The molecule has 0 saturated carbocycles. The van der Waals surface area contributed by atoms with Gasteiger partial charge in [0.05, 0.1) is 11.1 Å². The molecule has 0 amide bonds. The molecule has 2 aromatic carbocycles. The second-order valence-electron chi connectivity index (χ2n) is 5.60. The van der Waals surface area contributed by atoms with Crippen molar-refractivity contribution < 1.29 is 42.6 Å². The first-order valence-electron chi connectivity index (χ1n) is 7.58. The Kier molecular flexibility index (Phi) is 8.13. The van der Waals surface area contributed by atoms with E-state index in [4.69, 9.17) is 0 Å². The summed E-state index contributed by atoms with van der Waals surface area (Å²) in [4.78, 5) is 11.7. The first-order chi connectivity index (χ1) is 12.0. The third kappa shape index (κ3) is 5.23. The minimum absolute atomic E-state index is 0. The smallest absolute Gasteiger partial charge is 0.162 e. The number of nitriles is 2. The number of allylic oxidation sites excluding steroid dienone is 3. The quantitative estimate of drug-likeness (QED) is 0.452. The normalized spacial score (nSPS) is 10.6. The minimum atomic E-state index is -0.0365. The molecule has 0 aliphatic carbocycles. The van der Waals surface area contributed by atoms with E-state index in [2.05, 4.69) is 18.7 Å². The predicted molar refractivity (Wildman–Crippen MR) is 96.1 cm³/mol. The number of hydrogen-bond donors (Lipinski definition) is 1. The Labute approximate surface area is 178 Å². The van der Waals surface area contributed by atoms with Crippen LogP contribution in [0.15, 0.2) is 60.7 Å². The van der Waals surface area contributed by atoms with Gasteiger partial charge in [0.15, 0.2) is 5.78 Å². The summed E-state index contributed by atoms with van der Waals surface area (Å²) in [6, 6.07) is 17.2. The van der Waals surface area contributed by atoms with Gasteiger partial charge in [-0.3, -0.25) is 4.79 Å². The summed E-state index contributed by atoms with van der Waals surface area (Å²) in [6.07, 6.45) is 0.254. The molecule has 2 rings (SSSR count). The fourth-order valence-corrected chi connectivity index (χ4v) is 2.28. The molecule has 1 radical (unpaired) electrons. The molecular weight excluding hydrogens is 401 g/mol. The van der Waals surface area contributed by atoms with Crippen LogP contribution in [0.1, 0.15) is 23.6 Å². The van der Waals surface area contributed by atoms with Gasteiger partial charge in [-0.2, -0.15) is 10.5 Å². The zero-order valence-electron chi connectivity index (χ0n) is 14.4. The largest absolute Gasteiger partial charge is 0.508 e. The van der Waals surface area contributed by atoms with Gasteiger partial charge in [0.2, 0.25) is 0 Å². The molecule has 0 bridgehead atoms. The summed E-state index contributed by atoms with van der Waals surface area (Å²) < 4.78 is 0. The van der Waals surface area contributed by atoms with Crippen molar-refractivity contribution in [1.82, 2.24) is 0 Å². The van der Waals surface area contributed by atoms with Gasteiger partial charge in [-0.15, -0.1) is 0 Å². The van der Waals surface area contributed by atoms with Crippen LogP contribution in [0.25, 0.3) is 11.1 Å². The van der Waals surface area contributed by atoms with E-state index >= 15 is 0 Å². The molecule has 5 heteroatoms. The van der Waals surface area contributed by atoms with Crippen molar-refractivity contribution in [1.29, 1.82) is 10.5 Å². The van der Waals surface area contributed by atoms with Crippen molar-refractivity contribution in [2.24, 2.45) is 0 Å². The summed E-state index contributed by atoms with van der Waals surface area (Å²) in [5.41, 5.74) is 2.94. The maximum Gasteiger partial charge on any atom is 0.162 e. The van der Waals surface area contributed by atoms with Gasteiger partial charge in [0, 0.05) is 39.1 Å². The Balaban J connectivity index is 0.00000338. The van der Waals surface area contributed by atoms with E-state index in [-0.39, 0.29) is 61.8 Å². The molecule has 0 spiro atoms. The van der Waals surface area contributed by atoms with Crippen molar-refractivity contribution in [3.63, 3.8) is 0 Å². The molecule has 0 aliphatic heterocycles. The maximum atomic E-state index is 11.7. The molecule has 1 N–H and O–H groups in total. The van der Waals surface area contributed by atoms with Crippen LogP contribution in [0, 0.1) is 22.7 Å². The number of phenols is 1. The van der Waals surface area contributed by atoms with Gasteiger partial charge in [-0.25, -0.2) is 0 Å². The molecule has 4 nitrogen and oxygen atoms in total. The number of ketones is 1. The van der Waals surface area contributed by atoms with Crippen molar-refractivity contribution in [2.75, 3.05) is 0 Å². The third-order valence-electron chi connectivity index (χ3n) is 3.71. The van der Waals surface area contributed by atoms with E-state index in [1.807, 2.05) is 0 Å². The van der Waals surface area contributed by atoms with E-state index in [0.29, 0.717) is 16.7 Å². The molecule has 0 aromatic heterocycles. The molecule has 125 valence electrons. The standard InChI is InChI=1S/C21H16N2O2.Y/c1-14(2)21(25)11-15-3-5-16(6-4-15)19(12-22)20(13-23)17-7-9-18(24)10-8-17;/h3-10,24H,1,11H2,2H3;/b20-19+;. The van der Waals surface area contributed by atoms with E-state index in [9.17, 15) is 20.4 Å². The number of benzene rings is 2. The number of carbonyl (C=O) groups is 1. The van der Waals surface area contributed by atoms with Gasteiger partial charge < -0.3 is 5.11 Å². The van der Waals surface area contributed by atoms with Crippen LogP contribution >= 0.6 is 0 Å². The molecule has 0 unspecified atom stereocenters. The predicted octanol–water partition coefficient (Wildman–Crippen LogP) is 4.04. The maximum absolute atomic E-state index is 11.7. The fourth-order valence-electron chi connectivity index (χ4n) is 2.28. The van der Waals surface area contributed by atoms with Crippen LogP contribution in [0.5, 0.6) is 5.75 Å². The Hall–Kier alpha value is -2.53. The third-order valence-corrected chi connectivity index (χ3v) is 3.71. The van der Waals surface area contributed by atoms with Crippen LogP contribution in [0.2, 0.25) is 0 Å². The van der Waals surface area contributed by atoms with Crippen LogP contribution < -0.4 is 0 Å². The molecule has 2 aromatic rings. The van der Waals surface area contributed by atoms with Crippen LogP contribution in [-0.4, -0.2) is 10.9 Å². The number of phenolic OH excluding ortho intramolecular Hbond substituents is 1. The minimum Gasteiger partial charge on any atom is -0.508 e. The average molecular weight is 417 g/mol. The van der Waals surface area contributed by atoms with E-state index in [1.54, 1.807) is 43.3 Å². The second kappa shape index (κ2) is 9.83. The van der Waals surface area contributed by atoms with Crippen molar-refractivity contribution in [3.8, 4) is 17.9 Å². The average Bonchev–Trinajstić information content (AvgIpc) is 2.61. The fraction of sp³-hybridized carbons (Fsp3) is 0.0952. The summed E-state index contributed by atoms with van der Waals surface area (Å²) >= 11 is 0. The van der Waals surface area contributed by atoms with Crippen LogP contribution in [-0.2, 0) is 43.9 Å². The van der Waals surface area contributed by atoms with Crippen LogP contribution in [0.3, 0.4) is 0 Å². The van der Waals surface area contributed by atoms with E-state index in [1.165, 1.54) is 12.1 Å². The summed E-state index contributed by atoms with van der Waals surface area (Å²) in [5.74, 6) is 0.0525. The molecule has 0 fully saturated rings. The Morgan fingerprint density at radius 3 is 1.77 bits per heavy atom. The molecule has 26 heavy (non-hydrogen) atoms. The van der Waals surface area contributed by atoms with Gasteiger partial charge in [-0.1, -0.05) is 30.8 Å². The van der Waals surface area contributed by atoms with Gasteiger partial charge in [0.25, 0.3) is 0 Å². The Bertz CT molecular complexity index is 928. The SMILES string of the molecule is C=C(C)C(=O)Cc1ccc(/C(C#N)=C(\C#N)c2ccc(O)cc2)cc1.[Y]. The molecular formula is C21H16N2O2Y. The van der Waals surface area contributed by atoms with Gasteiger partial charge in [-0.05, 0) is 53.5 Å². The molecule has 0 aliphatic rings. The molecule has 0 heterocycles. The second-order valence-corrected chi connectivity index (χ2v) is 5.60. The summed E-state index contributed by atoms with van der Waals surface area (Å²) in [6.45, 7) is 5.30. The number of nitrogens with zero attached hydrogens (tertiary/aromatic N) is 2. The topological polar surface area (TPSA) is 84.9 Å². The Morgan fingerprint density at radius 2 is 1.38 bits per heavy atom. The summed E-state index contributed by atoms with van der Waals surface area (Å²) in [7, 11) is 0. The van der Waals surface area contributed by atoms with Crippen LogP contribution in [0.4, 0.5) is 0 Å². The number of Topliss-reactive ketones (excluding diaryl/α,β-unsaturated/α-hetero) is 1. The Morgan fingerprint density at radius 1 is 0.962 bits per heavy atom. The van der Waals surface area contributed by atoms with Crippen molar-refractivity contribution >= 4 is 16.9 Å². The van der Waals surface area contributed by atoms with E-state index in [0.717, 1.165) is 5.56 Å². The van der Waals surface area contributed by atoms with Gasteiger partial charge >= 0.3 is 0 Å². The zero-order valence-corrected chi connectivity index (χ0v) is 17.2. The van der Waals surface area contributed by atoms with Gasteiger partial charge in [0.1, 0.15) is 17.9 Å². The zero-order chi connectivity index (χ0) is 18.4. The monoisotopic (exact) mass is 417 g/mol. The number of carbonyl (C=O) groups excluding carboxylic acids is 1. The first kappa shape index (κ1) is 21.5. The van der Waals surface area contributed by atoms with Crippen molar-refractivity contribution in [2.45, 2.75) is 13.3 Å². The number of aromatic hydroxyl groups is 1. The van der Waals surface area contributed by atoms with E-state index < -0.39 is 0 Å². The number of hydrogen-bond acceptors (Lipinski definition) is 4. The summed E-state index contributed by atoms with van der Waals surface area (Å²) in [5, 5.41) is 28.3. The molecule has 0 saturated heterocycles. The number of rotatable bonds is 5. The van der Waals surface area contributed by atoms with Crippen molar-refractivity contribution in [3.05, 3.63) is 77.4 Å². The first-order valence-corrected chi connectivity index (χ1v) is 7.58.